The number of hydrogen-bond acceptors (Lipinski definition) is 5. The SMILES string of the molecule is Cc1cnc(Cl)nc1-n1cc(NC(=O)N[C@H](CO)c2ccccc2)cn1. The van der Waals surface area contributed by atoms with Gasteiger partial charge in [0.2, 0.25) is 5.28 Å². The zero-order valence-electron chi connectivity index (χ0n) is 13.9. The predicted molar refractivity (Wildman–Crippen MR) is 97.3 cm³/mol. The molecule has 1 aromatic carbocycles. The number of urea groups is 1. The molecule has 8 nitrogen and oxygen atoms in total. The van der Waals surface area contributed by atoms with Crippen molar-refractivity contribution in [3.05, 3.63) is 65.3 Å². The Morgan fingerprint density at radius 1 is 1.31 bits per heavy atom. The van der Waals surface area contributed by atoms with Crippen LogP contribution >= 0.6 is 11.6 Å². The highest BCUT2D eigenvalue weighted by atomic mass is 35.5. The van der Waals surface area contributed by atoms with Crippen LogP contribution in [0.3, 0.4) is 0 Å². The molecule has 3 N–H and O–H groups in total. The van der Waals surface area contributed by atoms with Gasteiger partial charge < -0.3 is 15.7 Å². The molecule has 0 aliphatic carbocycles. The second-order valence-electron chi connectivity index (χ2n) is 5.56. The van der Waals surface area contributed by atoms with E-state index >= 15 is 0 Å². The summed E-state index contributed by atoms with van der Waals surface area (Å²) in [6, 6.07) is 8.27. The molecule has 9 heteroatoms. The van der Waals surface area contributed by atoms with Crippen LogP contribution in [-0.4, -0.2) is 37.5 Å². The van der Waals surface area contributed by atoms with Crippen LogP contribution in [0.4, 0.5) is 10.5 Å². The zero-order chi connectivity index (χ0) is 18.5. The van der Waals surface area contributed by atoms with Gasteiger partial charge in [-0.15, -0.1) is 0 Å². The topological polar surface area (TPSA) is 105 Å². The number of nitrogens with one attached hydrogen (secondary N) is 2. The van der Waals surface area contributed by atoms with Crippen LogP contribution in [-0.2, 0) is 0 Å². The van der Waals surface area contributed by atoms with Gasteiger partial charge in [0.1, 0.15) is 0 Å². The Morgan fingerprint density at radius 2 is 2.08 bits per heavy atom. The van der Waals surface area contributed by atoms with Crippen molar-refractivity contribution in [2.45, 2.75) is 13.0 Å². The van der Waals surface area contributed by atoms with Gasteiger partial charge in [-0.05, 0) is 24.1 Å². The average molecular weight is 373 g/mol. The van der Waals surface area contributed by atoms with Crippen LogP contribution in [0.25, 0.3) is 5.82 Å². The van der Waals surface area contributed by atoms with E-state index in [1.54, 1.807) is 12.4 Å². The number of aromatic nitrogens is 4. The van der Waals surface area contributed by atoms with E-state index < -0.39 is 12.1 Å². The first-order valence-electron chi connectivity index (χ1n) is 7.84. The predicted octanol–water partition coefficient (Wildman–Crippen LogP) is 2.48. The lowest BCUT2D eigenvalue weighted by atomic mass is 10.1. The number of aliphatic hydroxyl groups is 1. The molecular weight excluding hydrogens is 356 g/mol. The summed E-state index contributed by atoms with van der Waals surface area (Å²) in [5.74, 6) is 0.524. The maximum absolute atomic E-state index is 12.2. The Hall–Kier alpha value is -2.97. The summed E-state index contributed by atoms with van der Waals surface area (Å²) in [5.41, 5.74) is 2.08. The number of benzene rings is 1. The van der Waals surface area contributed by atoms with Gasteiger partial charge in [0.25, 0.3) is 0 Å². The molecular formula is C17H17ClN6O2. The van der Waals surface area contributed by atoms with Crippen molar-refractivity contribution in [1.82, 2.24) is 25.1 Å². The highest BCUT2D eigenvalue weighted by Gasteiger charge is 2.14. The summed E-state index contributed by atoms with van der Waals surface area (Å²) >= 11 is 5.82. The summed E-state index contributed by atoms with van der Waals surface area (Å²) in [6.45, 7) is 1.62. The number of hydrogen-bond donors (Lipinski definition) is 3. The molecule has 2 heterocycles. The van der Waals surface area contributed by atoms with Crippen molar-refractivity contribution in [1.29, 1.82) is 0 Å². The van der Waals surface area contributed by atoms with Gasteiger partial charge in [-0.3, -0.25) is 0 Å². The minimum Gasteiger partial charge on any atom is -0.394 e. The Bertz CT molecular complexity index is 899. The van der Waals surface area contributed by atoms with Gasteiger partial charge >= 0.3 is 6.03 Å². The van der Waals surface area contributed by atoms with Crippen molar-refractivity contribution < 1.29 is 9.90 Å². The second-order valence-corrected chi connectivity index (χ2v) is 5.90. The van der Waals surface area contributed by atoms with Gasteiger partial charge in [-0.25, -0.2) is 14.5 Å². The van der Waals surface area contributed by atoms with Gasteiger partial charge in [-0.2, -0.15) is 10.1 Å². The van der Waals surface area contributed by atoms with Crippen molar-refractivity contribution in [2.75, 3.05) is 11.9 Å². The first-order valence-corrected chi connectivity index (χ1v) is 8.22. The first kappa shape index (κ1) is 17.8. The van der Waals surface area contributed by atoms with Gasteiger partial charge in [-0.1, -0.05) is 30.3 Å². The third-order valence-electron chi connectivity index (χ3n) is 3.66. The van der Waals surface area contributed by atoms with Crippen LogP contribution in [0, 0.1) is 6.92 Å². The van der Waals surface area contributed by atoms with Gasteiger partial charge in [0, 0.05) is 11.8 Å². The van der Waals surface area contributed by atoms with E-state index in [2.05, 4.69) is 25.7 Å². The molecule has 134 valence electrons. The number of carbonyl (C=O) groups is 1. The maximum atomic E-state index is 12.2. The van der Waals surface area contributed by atoms with Crippen LogP contribution in [0.2, 0.25) is 5.28 Å². The summed E-state index contributed by atoms with van der Waals surface area (Å²) in [4.78, 5) is 20.2. The van der Waals surface area contributed by atoms with Crippen molar-refractivity contribution >= 4 is 23.3 Å². The standard InChI is InChI=1S/C17H17ClN6O2/c1-11-7-19-16(18)23-15(11)24-9-13(8-20-24)21-17(26)22-14(10-25)12-5-3-2-4-6-12/h2-9,14,25H,10H2,1H3,(H2,21,22,26)/t14-/m1/s1. The molecule has 0 radical (unpaired) electrons. The third-order valence-corrected chi connectivity index (χ3v) is 3.85. The van der Waals surface area contributed by atoms with Crippen LogP contribution in [0.5, 0.6) is 0 Å². The summed E-state index contributed by atoms with van der Waals surface area (Å²) < 4.78 is 1.50. The largest absolute Gasteiger partial charge is 0.394 e. The fourth-order valence-electron chi connectivity index (χ4n) is 2.39. The summed E-state index contributed by atoms with van der Waals surface area (Å²) in [7, 11) is 0. The number of aryl methyl sites for hydroxylation is 1. The number of nitrogens with zero attached hydrogens (tertiary/aromatic N) is 4. The molecule has 0 fully saturated rings. The fraction of sp³-hybridized carbons (Fsp3) is 0.176. The molecule has 0 spiro atoms. The maximum Gasteiger partial charge on any atom is 0.319 e. The number of amides is 2. The molecule has 1 atom stereocenters. The van der Waals surface area contributed by atoms with E-state index in [1.165, 1.54) is 10.9 Å². The zero-order valence-corrected chi connectivity index (χ0v) is 14.7. The van der Waals surface area contributed by atoms with Gasteiger partial charge in [0.05, 0.1) is 30.7 Å². The molecule has 0 aliphatic heterocycles. The highest BCUT2D eigenvalue weighted by molar-refractivity contribution is 6.28. The number of halogens is 1. The summed E-state index contributed by atoms with van der Waals surface area (Å²) in [5, 5.41) is 19.2. The molecule has 26 heavy (non-hydrogen) atoms. The first-order chi connectivity index (χ1) is 12.6. The quantitative estimate of drug-likeness (QED) is 0.597. The fourth-order valence-corrected chi connectivity index (χ4v) is 2.52. The van der Waals surface area contributed by atoms with Crippen molar-refractivity contribution in [2.24, 2.45) is 0 Å². The lowest BCUT2D eigenvalue weighted by molar-refractivity contribution is 0.225. The summed E-state index contributed by atoms with van der Waals surface area (Å²) in [6.07, 6.45) is 4.70. The molecule has 0 unspecified atom stereocenters. The van der Waals surface area contributed by atoms with E-state index in [0.717, 1.165) is 11.1 Å². The minimum atomic E-state index is -0.505. The minimum absolute atomic E-state index is 0.113. The van der Waals surface area contributed by atoms with Crippen molar-refractivity contribution in [3.63, 3.8) is 0 Å². The van der Waals surface area contributed by atoms with E-state index in [1.807, 2.05) is 37.3 Å². The lowest BCUT2D eigenvalue weighted by Gasteiger charge is -2.16. The molecule has 3 aromatic rings. The lowest BCUT2D eigenvalue weighted by Crippen LogP contribution is -2.34. The Labute approximate surface area is 154 Å². The molecule has 0 aliphatic rings. The third kappa shape index (κ3) is 4.16. The Morgan fingerprint density at radius 3 is 2.81 bits per heavy atom. The van der Waals surface area contributed by atoms with Crippen LogP contribution < -0.4 is 10.6 Å². The van der Waals surface area contributed by atoms with E-state index in [9.17, 15) is 9.90 Å². The van der Waals surface area contributed by atoms with Crippen LogP contribution in [0.15, 0.2) is 48.9 Å². The highest BCUT2D eigenvalue weighted by Crippen LogP contribution is 2.16. The molecule has 0 saturated heterocycles. The molecule has 2 amide bonds. The smallest absolute Gasteiger partial charge is 0.319 e. The number of rotatable bonds is 5. The molecule has 3 rings (SSSR count). The number of carbonyl (C=O) groups excluding carboxylic acids is 1. The normalized spacial score (nSPS) is 11.8. The molecule has 2 aromatic heterocycles. The van der Waals surface area contributed by atoms with E-state index in [0.29, 0.717) is 11.5 Å². The molecule has 0 saturated carbocycles. The van der Waals surface area contributed by atoms with Gasteiger partial charge in [0.15, 0.2) is 5.82 Å². The number of anilines is 1. The van der Waals surface area contributed by atoms with Crippen LogP contribution in [0.1, 0.15) is 17.2 Å². The Kier molecular flexibility index (Phi) is 5.45. The average Bonchev–Trinajstić information content (AvgIpc) is 3.10. The second kappa shape index (κ2) is 7.94. The molecule has 0 bridgehead atoms. The number of aliphatic hydroxyl groups excluding tert-OH is 1. The van der Waals surface area contributed by atoms with Crippen molar-refractivity contribution in [3.8, 4) is 5.82 Å². The Balaban J connectivity index is 1.69. The van der Waals surface area contributed by atoms with E-state index in [4.69, 9.17) is 11.6 Å². The van der Waals surface area contributed by atoms with E-state index in [-0.39, 0.29) is 11.9 Å². The monoisotopic (exact) mass is 372 g/mol.